The molecule has 0 bridgehead atoms. The Morgan fingerprint density at radius 3 is 2.55 bits per heavy atom. The molecule has 1 amide bonds. The number of para-hydroxylation sites is 1. The average Bonchev–Trinajstić information content (AvgIpc) is 2.84. The van der Waals surface area contributed by atoms with Crippen molar-refractivity contribution in [2.45, 2.75) is 64.5 Å². The van der Waals surface area contributed by atoms with E-state index in [1.165, 1.54) is 0 Å². The zero-order chi connectivity index (χ0) is 23.3. The molecule has 0 fully saturated rings. The highest BCUT2D eigenvalue weighted by molar-refractivity contribution is 5.79. The molecule has 1 heterocycles. The van der Waals surface area contributed by atoms with Crippen molar-refractivity contribution in [2.24, 2.45) is 0 Å². The Bertz CT molecular complexity index is 1020. The lowest BCUT2D eigenvalue weighted by molar-refractivity contribution is -0.121. The highest BCUT2D eigenvalue weighted by Gasteiger charge is 2.13. The minimum absolute atomic E-state index is 0.0431. The van der Waals surface area contributed by atoms with Crippen molar-refractivity contribution in [3.63, 3.8) is 0 Å². The van der Waals surface area contributed by atoms with Crippen molar-refractivity contribution in [3.05, 3.63) is 78.0 Å². The third kappa shape index (κ3) is 8.78. The number of rotatable bonds is 14. The molecule has 1 aromatic heterocycles. The van der Waals surface area contributed by atoms with Crippen LogP contribution < -0.4 is 10.6 Å². The molecule has 5 heteroatoms. The number of benzene rings is 2. The first-order valence-corrected chi connectivity index (χ1v) is 12.0. The number of carbonyl (C=O) groups excluding carboxylic acids is 2. The SMILES string of the molecule is CCC(=O)CCCCCC(CNCc1cnc2ccccc2c1)NC(=O)Cc1ccccc1. The van der Waals surface area contributed by atoms with Crippen LogP contribution in [0, 0.1) is 0 Å². The molecule has 5 nitrogen and oxygen atoms in total. The quantitative estimate of drug-likeness (QED) is 0.343. The number of unbranched alkanes of at least 4 members (excludes halogenated alkanes) is 2. The second-order valence-electron chi connectivity index (χ2n) is 8.59. The first-order chi connectivity index (χ1) is 16.1. The second kappa shape index (κ2) is 13.5. The van der Waals surface area contributed by atoms with Gasteiger partial charge in [-0.25, -0.2) is 0 Å². The van der Waals surface area contributed by atoms with Crippen LogP contribution in [0.5, 0.6) is 0 Å². The Hall–Kier alpha value is -3.05. The number of nitrogens with zero attached hydrogens (tertiary/aromatic N) is 1. The summed E-state index contributed by atoms with van der Waals surface area (Å²) in [5.41, 5.74) is 3.14. The fraction of sp³-hybridized carbons (Fsp3) is 0.393. The molecule has 0 saturated heterocycles. The van der Waals surface area contributed by atoms with Crippen LogP contribution in [0.25, 0.3) is 10.9 Å². The molecule has 0 aliphatic rings. The molecule has 3 aromatic rings. The zero-order valence-corrected chi connectivity index (χ0v) is 19.6. The standard InChI is InChI=1S/C28H35N3O2/c1-2-26(32)15-8-4-7-14-25(31-28(33)18-22-11-5-3-6-12-22)21-29-19-23-17-24-13-9-10-16-27(24)30-20-23/h3,5-6,9-13,16-17,20,25,29H,2,4,7-8,14-15,18-19,21H2,1H3,(H,31,33). The van der Waals surface area contributed by atoms with Crippen molar-refractivity contribution < 1.29 is 9.59 Å². The maximum Gasteiger partial charge on any atom is 0.224 e. The predicted molar refractivity (Wildman–Crippen MR) is 134 cm³/mol. The van der Waals surface area contributed by atoms with Gasteiger partial charge in [0, 0.05) is 43.6 Å². The van der Waals surface area contributed by atoms with Gasteiger partial charge in [0.15, 0.2) is 0 Å². The lowest BCUT2D eigenvalue weighted by Gasteiger charge is -2.20. The monoisotopic (exact) mass is 445 g/mol. The molecule has 0 aliphatic carbocycles. The van der Waals surface area contributed by atoms with Crippen LogP contribution in [0.1, 0.15) is 56.6 Å². The number of nitrogens with one attached hydrogen (secondary N) is 2. The summed E-state index contributed by atoms with van der Waals surface area (Å²) in [7, 11) is 0. The Balaban J connectivity index is 1.50. The molecule has 2 N–H and O–H groups in total. The number of Topliss-reactive ketones (excluding diaryl/α,β-unsaturated/α-hetero) is 1. The summed E-state index contributed by atoms with van der Waals surface area (Å²) in [5, 5.41) is 7.83. The van der Waals surface area contributed by atoms with E-state index >= 15 is 0 Å². The van der Waals surface area contributed by atoms with Crippen LogP contribution in [-0.2, 0) is 22.6 Å². The average molecular weight is 446 g/mol. The topological polar surface area (TPSA) is 71.1 Å². The van der Waals surface area contributed by atoms with Crippen molar-refractivity contribution >= 4 is 22.6 Å². The number of hydrogen-bond acceptors (Lipinski definition) is 4. The van der Waals surface area contributed by atoms with Gasteiger partial charge < -0.3 is 10.6 Å². The molecule has 33 heavy (non-hydrogen) atoms. The van der Waals surface area contributed by atoms with Gasteiger partial charge in [-0.15, -0.1) is 0 Å². The number of fused-ring (bicyclic) bond motifs is 1. The van der Waals surface area contributed by atoms with Gasteiger partial charge in [0.1, 0.15) is 5.78 Å². The number of amides is 1. The summed E-state index contributed by atoms with van der Waals surface area (Å²) in [6, 6.07) is 20.1. The number of carbonyl (C=O) groups is 2. The van der Waals surface area contributed by atoms with E-state index in [1.807, 2.05) is 61.7 Å². The predicted octanol–water partition coefficient (Wildman–Crippen LogP) is 4.98. The third-order valence-corrected chi connectivity index (χ3v) is 5.84. The summed E-state index contributed by atoms with van der Waals surface area (Å²) in [6.45, 7) is 3.31. The van der Waals surface area contributed by atoms with E-state index in [0.29, 0.717) is 38.1 Å². The molecule has 1 atom stereocenters. The largest absolute Gasteiger partial charge is 0.352 e. The van der Waals surface area contributed by atoms with Crippen LogP contribution in [0.2, 0.25) is 0 Å². The van der Waals surface area contributed by atoms with Gasteiger partial charge in [-0.1, -0.05) is 68.3 Å². The highest BCUT2D eigenvalue weighted by Crippen LogP contribution is 2.13. The fourth-order valence-corrected chi connectivity index (χ4v) is 3.96. The van der Waals surface area contributed by atoms with Gasteiger partial charge in [-0.05, 0) is 36.1 Å². The van der Waals surface area contributed by atoms with Gasteiger partial charge in [-0.2, -0.15) is 0 Å². The summed E-state index contributed by atoms with van der Waals surface area (Å²) >= 11 is 0. The molecule has 0 radical (unpaired) electrons. The van der Waals surface area contributed by atoms with Gasteiger partial charge in [0.25, 0.3) is 0 Å². The Kier molecular flexibility index (Phi) is 10.0. The van der Waals surface area contributed by atoms with Gasteiger partial charge >= 0.3 is 0 Å². The smallest absolute Gasteiger partial charge is 0.224 e. The molecule has 0 spiro atoms. The maximum absolute atomic E-state index is 12.6. The lowest BCUT2D eigenvalue weighted by Crippen LogP contribution is -2.42. The van der Waals surface area contributed by atoms with E-state index in [-0.39, 0.29) is 11.9 Å². The van der Waals surface area contributed by atoms with E-state index in [4.69, 9.17) is 0 Å². The van der Waals surface area contributed by atoms with E-state index in [0.717, 1.165) is 47.7 Å². The van der Waals surface area contributed by atoms with E-state index in [9.17, 15) is 9.59 Å². The Labute approximate surface area is 197 Å². The van der Waals surface area contributed by atoms with Crippen molar-refractivity contribution in [1.82, 2.24) is 15.6 Å². The van der Waals surface area contributed by atoms with Crippen LogP contribution in [0.3, 0.4) is 0 Å². The van der Waals surface area contributed by atoms with Crippen LogP contribution in [-0.4, -0.2) is 29.3 Å². The van der Waals surface area contributed by atoms with Crippen LogP contribution >= 0.6 is 0 Å². The first-order valence-electron chi connectivity index (χ1n) is 12.0. The molecule has 0 saturated carbocycles. The molecular weight excluding hydrogens is 410 g/mol. The zero-order valence-electron chi connectivity index (χ0n) is 19.6. The van der Waals surface area contributed by atoms with Gasteiger partial charge in [-0.3, -0.25) is 14.6 Å². The molecule has 3 rings (SSSR count). The molecule has 1 unspecified atom stereocenters. The number of ketones is 1. The second-order valence-corrected chi connectivity index (χ2v) is 8.59. The minimum atomic E-state index is 0.0431. The third-order valence-electron chi connectivity index (χ3n) is 5.84. The van der Waals surface area contributed by atoms with E-state index in [2.05, 4.69) is 27.8 Å². The van der Waals surface area contributed by atoms with Crippen LogP contribution in [0.15, 0.2) is 66.9 Å². The first kappa shape index (κ1) is 24.6. The summed E-state index contributed by atoms with van der Waals surface area (Å²) in [5.74, 6) is 0.370. The fourth-order valence-electron chi connectivity index (χ4n) is 3.96. The van der Waals surface area contributed by atoms with Gasteiger partial charge in [0.05, 0.1) is 11.9 Å². The number of pyridine rings is 1. The summed E-state index contributed by atoms with van der Waals surface area (Å²) in [6.07, 6.45) is 7.38. The molecule has 0 aliphatic heterocycles. The van der Waals surface area contributed by atoms with Crippen molar-refractivity contribution in [3.8, 4) is 0 Å². The molecule has 2 aromatic carbocycles. The minimum Gasteiger partial charge on any atom is -0.352 e. The van der Waals surface area contributed by atoms with E-state index < -0.39 is 0 Å². The lowest BCUT2D eigenvalue weighted by atomic mass is 10.0. The van der Waals surface area contributed by atoms with Crippen molar-refractivity contribution in [2.75, 3.05) is 6.54 Å². The number of aromatic nitrogens is 1. The van der Waals surface area contributed by atoms with E-state index in [1.54, 1.807) is 0 Å². The summed E-state index contributed by atoms with van der Waals surface area (Å²) < 4.78 is 0. The molecular formula is C28H35N3O2. The number of hydrogen-bond donors (Lipinski definition) is 2. The summed E-state index contributed by atoms with van der Waals surface area (Å²) in [4.78, 5) is 28.7. The Morgan fingerprint density at radius 2 is 1.73 bits per heavy atom. The van der Waals surface area contributed by atoms with Crippen molar-refractivity contribution in [1.29, 1.82) is 0 Å². The highest BCUT2D eigenvalue weighted by atomic mass is 16.1. The Morgan fingerprint density at radius 1 is 0.939 bits per heavy atom. The van der Waals surface area contributed by atoms with Gasteiger partial charge in [0.2, 0.25) is 5.91 Å². The maximum atomic E-state index is 12.6. The van der Waals surface area contributed by atoms with Crippen LogP contribution in [0.4, 0.5) is 0 Å². The molecule has 174 valence electrons. The normalized spacial score (nSPS) is 11.9.